The molecule has 1 aliphatic carbocycles. The maximum absolute atomic E-state index is 12.6. The quantitative estimate of drug-likeness (QED) is 0.756. The maximum atomic E-state index is 12.6. The van der Waals surface area contributed by atoms with Crippen LogP contribution in [0.15, 0.2) is 35.7 Å². The molecule has 2 aliphatic rings. The van der Waals surface area contributed by atoms with Crippen LogP contribution in [0, 0.1) is 5.92 Å². The number of anilines is 2. The van der Waals surface area contributed by atoms with E-state index in [1.165, 1.54) is 35.1 Å². The summed E-state index contributed by atoms with van der Waals surface area (Å²) in [6.45, 7) is 3.01. The molecule has 1 saturated carbocycles. The van der Waals surface area contributed by atoms with E-state index in [0.717, 1.165) is 30.3 Å². The summed E-state index contributed by atoms with van der Waals surface area (Å²) < 4.78 is 0. The van der Waals surface area contributed by atoms with Crippen molar-refractivity contribution in [1.29, 1.82) is 0 Å². The lowest BCUT2D eigenvalue weighted by atomic mass is 9.96. The number of hydrogen-bond acceptors (Lipinski definition) is 3. The second-order valence-electron chi connectivity index (χ2n) is 7.26. The lowest BCUT2D eigenvalue weighted by molar-refractivity contribution is -0.928. The van der Waals surface area contributed by atoms with E-state index in [4.69, 9.17) is 0 Å². The second-order valence-corrected chi connectivity index (χ2v) is 8.26. The van der Waals surface area contributed by atoms with Crippen molar-refractivity contribution in [2.24, 2.45) is 5.92 Å². The van der Waals surface area contributed by atoms with Gasteiger partial charge in [0.1, 0.15) is 6.04 Å². The summed E-state index contributed by atoms with van der Waals surface area (Å²) in [7, 11) is 0. The third-order valence-corrected chi connectivity index (χ3v) is 6.19. The Morgan fingerprint density at radius 3 is 2.46 bits per heavy atom. The Bertz CT molecular complexity index is 811. The fraction of sp³-hybridized carbons (Fsp3) is 0.400. The van der Waals surface area contributed by atoms with Crippen molar-refractivity contribution in [2.45, 2.75) is 32.2 Å². The normalized spacial score (nSPS) is 21.7. The number of benzene rings is 1. The number of carbonyl (C=O) groups excluding carboxylic acids is 2. The van der Waals surface area contributed by atoms with Crippen LogP contribution in [0.25, 0.3) is 0 Å². The molecule has 0 saturated heterocycles. The monoisotopic (exact) mass is 370 g/mol. The Labute approximate surface area is 157 Å². The van der Waals surface area contributed by atoms with E-state index in [1.54, 1.807) is 12.1 Å². The summed E-state index contributed by atoms with van der Waals surface area (Å²) in [5.74, 6) is 0.689. The molecule has 0 spiro atoms. The highest BCUT2D eigenvalue weighted by atomic mass is 32.1. The third-order valence-electron chi connectivity index (χ3n) is 5.20. The first-order valence-corrected chi connectivity index (χ1v) is 10.1. The Balaban J connectivity index is 1.39. The molecule has 2 amide bonds. The number of thiophene rings is 1. The van der Waals surface area contributed by atoms with Crippen molar-refractivity contribution < 1.29 is 14.5 Å². The minimum absolute atomic E-state index is 0.0524. The lowest BCUT2D eigenvalue weighted by Crippen LogP contribution is -3.14. The van der Waals surface area contributed by atoms with Gasteiger partial charge in [-0.05, 0) is 48.6 Å². The predicted molar refractivity (Wildman–Crippen MR) is 104 cm³/mol. The van der Waals surface area contributed by atoms with Gasteiger partial charge in [-0.2, -0.15) is 0 Å². The first-order chi connectivity index (χ1) is 12.6. The van der Waals surface area contributed by atoms with Gasteiger partial charge in [0.2, 0.25) is 5.91 Å². The van der Waals surface area contributed by atoms with E-state index in [9.17, 15) is 9.59 Å². The van der Waals surface area contributed by atoms with Gasteiger partial charge in [-0.25, -0.2) is 0 Å². The van der Waals surface area contributed by atoms with E-state index < -0.39 is 0 Å². The molecule has 0 radical (unpaired) electrons. The van der Waals surface area contributed by atoms with Gasteiger partial charge in [-0.15, -0.1) is 11.3 Å². The number of amides is 2. The Morgan fingerprint density at radius 1 is 1.12 bits per heavy atom. The summed E-state index contributed by atoms with van der Waals surface area (Å²) in [6.07, 6.45) is 3.65. The van der Waals surface area contributed by atoms with Crippen molar-refractivity contribution in [2.75, 3.05) is 23.7 Å². The molecule has 136 valence electrons. The molecule has 2 atom stereocenters. The molecule has 1 unspecified atom stereocenters. The van der Waals surface area contributed by atoms with Crippen LogP contribution in [0.2, 0.25) is 0 Å². The Kier molecular flexibility index (Phi) is 4.78. The van der Waals surface area contributed by atoms with Crippen molar-refractivity contribution in [1.82, 2.24) is 0 Å². The highest BCUT2D eigenvalue weighted by molar-refractivity contribution is 7.10. The summed E-state index contributed by atoms with van der Waals surface area (Å²) in [6, 6.07) is 10.00. The van der Waals surface area contributed by atoms with Crippen LogP contribution in [0.1, 0.15) is 36.2 Å². The van der Waals surface area contributed by atoms with Crippen LogP contribution in [0.4, 0.5) is 11.4 Å². The molecular formula is C20H24N3O2S+. The molecular weight excluding hydrogens is 346 g/mol. The highest BCUT2D eigenvalue weighted by Gasteiger charge is 2.43. The summed E-state index contributed by atoms with van der Waals surface area (Å²) in [5, 5.41) is 7.92. The first kappa shape index (κ1) is 17.2. The van der Waals surface area contributed by atoms with Gasteiger partial charge in [-0.1, -0.05) is 0 Å². The molecule has 1 fully saturated rings. The van der Waals surface area contributed by atoms with Gasteiger partial charge in [0.25, 0.3) is 5.91 Å². The number of nitrogens with one attached hydrogen (secondary N) is 3. The smallest absolute Gasteiger partial charge is 0.279 e. The van der Waals surface area contributed by atoms with Gasteiger partial charge >= 0.3 is 0 Å². The van der Waals surface area contributed by atoms with Crippen LogP contribution in [0.3, 0.4) is 0 Å². The van der Waals surface area contributed by atoms with E-state index >= 15 is 0 Å². The fourth-order valence-electron chi connectivity index (χ4n) is 3.95. The number of hydrogen-bond donors (Lipinski definition) is 3. The number of quaternary nitrogens is 1. The topological polar surface area (TPSA) is 62.6 Å². The number of carbonyl (C=O) groups is 2. The summed E-state index contributed by atoms with van der Waals surface area (Å²) in [5.41, 5.74) is 2.97. The molecule has 3 N–H and O–H groups in total. The van der Waals surface area contributed by atoms with Crippen LogP contribution in [0.5, 0.6) is 0 Å². The standard InChI is InChI=1S/C20H23N3O2S/c1-13(24)21-15-4-6-16(7-5-15)22-19(25)12-23-10-8-18-17(9-11-26-18)20(23)14-2-3-14/h4-7,9,11,14,20H,2-3,8,10,12H2,1H3,(H,21,24)(H,22,25)/p+1/t20-/m0/s1. The summed E-state index contributed by atoms with van der Waals surface area (Å²) in [4.78, 5) is 26.6. The van der Waals surface area contributed by atoms with Gasteiger partial charge in [-0.3, -0.25) is 9.59 Å². The van der Waals surface area contributed by atoms with Crippen LogP contribution < -0.4 is 15.5 Å². The van der Waals surface area contributed by atoms with E-state index in [0.29, 0.717) is 12.6 Å². The highest BCUT2D eigenvalue weighted by Crippen LogP contribution is 2.42. The average molecular weight is 370 g/mol. The van der Waals surface area contributed by atoms with Gasteiger partial charge in [0.15, 0.2) is 6.54 Å². The molecule has 6 heteroatoms. The summed E-state index contributed by atoms with van der Waals surface area (Å²) >= 11 is 1.86. The van der Waals surface area contributed by atoms with Crippen LogP contribution in [-0.2, 0) is 16.0 Å². The van der Waals surface area contributed by atoms with Crippen LogP contribution in [-0.4, -0.2) is 24.9 Å². The molecule has 1 aliphatic heterocycles. The van der Waals surface area contributed by atoms with E-state index in [1.807, 2.05) is 23.5 Å². The van der Waals surface area contributed by atoms with Crippen molar-refractivity contribution in [3.8, 4) is 0 Å². The van der Waals surface area contributed by atoms with Gasteiger partial charge in [0, 0.05) is 41.1 Å². The predicted octanol–water partition coefficient (Wildman–Crippen LogP) is 2.24. The van der Waals surface area contributed by atoms with Crippen molar-refractivity contribution >= 4 is 34.5 Å². The Morgan fingerprint density at radius 2 is 1.81 bits per heavy atom. The van der Waals surface area contributed by atoms with Crippen molar-refractivity contribution in [3.05, 3.63) is 46.2 Å². The molecule has 1 aromatic carbocycles. The molecule has 2 heterocycles. The number of rotatable bonds is 5. The lowest BCUT2D eigenvalue weighted by Gasteiger charge is -2.32. The van der Waals surface area contributed by atoms with Gasteiger partial charge < -0.3 is 15.5 Å². The number of fused-ring (bicyclic) bond motifs is 1. The SMILES string of the molecule is CC(=O)Nc1ccc(NC(=O)C[NH+]2CCc3sccc3[C@@H]2C2CC2)cc1. The molecule has 5 nitrogen and oxygen atoms in total. The molecule has 1 aromatic heterocycles. The van der Waals surface area contributed by atoms with Gasteiger partial charge in [0.05, 0.1) is 6.54 Å². The largest absolute Gasteiger partial charge is 0.326 e. The zero-order valence-corrected chi connectivity index (χ0v) is 15.7. The third kappa shape index (κ3) is 3.81. The van der Waals surface area contributed by atoms with Crippen molar-refractivity contribution in [3.63, 3.8) is 0 Å². The zero-order chi connectivity index (χ0) is 18.1. The van der Waals surface area contributed by atoms with E-state index in [-0.39, 0.29) is 11.8 Å². The molecule has 2 aromatic rings. The molecule has 26 heavy (non-hydrogen) atoms. The maximum Gasteiger partial charge on any atom is 0.279 e. The minimum Gasteiger partial charge on any atom is -0.326 e. The Hall–Kier alpha value is -2.18. The minimum atomic E-state index is -0.102. The molecule has 4 rings (SSSR count). The fourth-order valence-corrected chi connectivity index (χ4v) is 4.88. The second kappa shape index (κ2) is 7.21. The zero-order valence-electron chi connectivity index (χ0n) is 14.9. The van der Waals surface area contributed by atoms with E-state index in [2.05, 4.69) is 22.1 Å². The van der Waals surface area contributed by atoms with Crippen LogP contribution >= 0.6 is 11.3 Å². The first-order valence-electron chi connectivity index (χ1n) is 9.18. The average Bonchev–Trinajstić information content (AvgIpc) is 3.32. The molecule has 0 bridgehead atoms.